The number of thiophene rings is 1. The Morgan fingerprint density at radius 2 is 1.25 bits per heavy atom. The molecule has 0 aliphatic heterocycles. The summed E-state index contributed by atoms with van der Waals surface area (Å²) in [5, 5.41) is 13.9. The van der Waals surface area contributed by atoms with Crippen LogP contribution in [-0.4, -0.2) is 16.5 Å². The maximum atomic E-state index is 8.81. The Morgan fingerprint density at radius 3 is 2.08 bits per heavy atom. The summed E-state index contributed by atoms with van der Waals surface area (Å²) in [6.45, 7) is 0. The molecule has 7 aromatic carbocycles. The predicted molar refractivity (Wildman–Crippen MR) is 205 cm³/mol. The molecule has 0 unspecified atom stereocenters. The van der Waals surface area contributed by atoms with E-state index in [4.69, 9.17) is 10.4 Å². The SMILES string of the molecule is N=C(c1ccccc1)c1ccccc1/N=C/c1ccc(-n2c3ccc(-c4ccccc4)cc3c3cc4sc5ccccc5c4cc32)cc1. The summed E-state index contributed by atoms with van der Waals surface area (Å²) in [5.41, 5.74) is 9.83. The Labute approximate surface area is 282 Å². The lowest BCUT2D eigenvalue weighted by atomic mass is 10.0. The summed E-state index contributed by atoms with van der Waals surface area (Å²) >= 11 is 1.86. The van der Waals surface area contributed by atoms with Gasteiger partial charge in [0.1, 0.15) is 0 Å². The zero-order chi connectivity index (χ0) is 32.0. The average Bonchev–Trinajstić information content (AvgIpc) is 3.68. The van der Waals surface area contributed by atoms with E-state index in [9.17, 15) is 0 Å². The molecule has 3 nitrogen and oxygen atoms in total. The normalized spacial score (nSPS) is 11.8. The molecule has 0 aliphatic rings. The average molecular weight is 632 g/mol. The second kappa shape index (κ2) is 11.6. The number of aliphatic imine (C=N–C) groups is 1. The van der Waals surface area contributed by atoms with Crippen molar-refractivity contribution in [1.82, 2.24) is 4.57 Å². The predicted octanol–water partition coefficient (Wildman–Crippen LogP) is 12.0. The number of fused-ring (bicyclic) bond motifs is 6. The molecule has 0 saturated carbocycles. The zero-order valence-corrected chi connectivity index (χ0v) is 26.8. The number of para-hydroxylation sites is 1. The van der Waals surface area contributed by atoms with Gasteiger partial charge in [0.15, 0.2) is 0 Å². The fourth-order valence-corrected chi connectivity index (χ4v) is 7.86. The van der Waals surface area contributed by atoms with Crippen LogP contribution < -0.4 is 0 Å². The van der Waals surface area contributed by atoms with Crippen LogP contribution in [0.15, 0.2) is 169 Å². The van der Waals surface area contributed by atoms with Crippen LogP contribution in [0.25, 0.3) is 58.8 Å². The van der Waals surface area contributed by atoms with Crippen LogP contribution in [0.1, 0.15) is 16.7 Å². The largest absolute Gasteiger partial charge is 0.309 e. The molecule has 0 saturated heterocycles. The quantitative estimate of drug-likeness (QED) is 0.177. The van der Waals surface area contributed by atoms with E-state index in [1.54, 1.807) is 0 Å². The first-order valence-corrected chi connectivity index (χ1v) is 16.9. The second-order valence-electron chi connectivity index (χ2n) is 12.0. The molecule has 2 heterocycles. The van der Waals surface area contributed by atoms with Crippen molar-refractivity contribution in [2.24, 2.45) is 4.99 Å². The van der Waals surface area contributed by atoms with Gasteiger partial charge < -0.3 is 4.57 Å². The lowest BCUT2D eigenvalue weighted by Crippen LogP contribution is -2.01. The van der Waals surface area contributed by atoms with Crippen molar-refractivity contribution in [3.63, 3.8) is 0 Å². The molecule has 226 valence electrons. The van der Waals surface area contributed by atoms with E-state index in [0.29, 0.717) is 5.71 Å². The van der Waals surface area contributed by atoms with Crippen LogP contribution in [0.2, 0.25) is 0 Å². The van der Waals surface area contributed by atoms with Gasteiger partial charge in [-0.1, -0.05) is 115 Å². The number of benzene rings is 7. The monoisotopic (exact) mass is 631 g/mol. The van der Waals surface area contributed by atoms with Crippen molar-refractivity contribution in [2.45, 2.75) is 0 Å². The van der Waals surface area contributed by atoms with E-state index in [-0.39, 0.29) is 0 Å². The van der Waals surface area contributed by atoms with Crippen molar-refractivity contribution in [3.05, 3.63) is 180 Å². The number of hydrogen-bond donors (Lipinski definition) is 1. The van der Waals surface area contributed by atoms with Crippen LogP contribution in [-0.2, 0) is 0 Å². The molecule has 0 bridgehead atoms. The fraction of sp³-hybridized carbons (Fsp3) is 0. The van der Waals surface area contributed by atoms with E-state index in [2.05, 4.69) is 114 Å². The highest BCUT2D eigenvalue weighted by Gasteiger charge is 2.17. The molecular formula is C44H29N3S. The minimum absolute atomic E-state index is 0.466. The molecule has 9 aromatic rings. The van der Waals surface area contributed by atoms with E-state index in [0.717, 1.165) is 28.1 Å². The maximum Gasteiger partial charge on any atom is 0.0723 e. The Balaban J connectivity index is 1.15. The topological polar surface area (TPSA) is 41.1 Å². The molecule has 1 N–H and O–H groups in total. The van der Waals surface area contributed by atoms with Gasteiger partial charge in [0, 0.05) is 54.0 Å². The Bertz CT molecular complexity index is 2660. The van der Waals surface area contributed by atoms with Crippen LogP contribution in [0, 0.1) is 5.41 Å². The van der Waals surface area contributed by atoms with Gasteiger partial charge in [-0.05, 0) is 65.2 Å². The molecule has 4 heteroatoms. The lowest BCUT2D eigenvalue weighted by molar-refractivity contribution is 1.18. The molecule has 9 rings (SSSR count). The van der Waals surface area contributed by atoms with Gasteiger partial charge in [-0.2, -0.15) is 0 Å². The van der Waals surface area contributed by atoms with Gasteiger partial charge in [0.05, 0.1) is 22.4 Å². The Hall–Kier alpha value is -6.10. The van der Waals surface area contributed by atoms with Gasteiger partial charge in [0.25, 0.3) is 0 Å². The van der Waals surface area contributed by atoms with E-state index < -0.39 is 0 Å². The zero-order valence-electron chi connectivity index (χ0n) is 26.0. The van der Waals surface area contributed by atoms with E-state index >= 15 is 0 Å². The van der Waals surface area contributed by atoms with Crippen molar-refractivity contribution < 1.29 is 0 Å². The molecule has 2 aromatic heterocycles. The minimum Gasteiger partial charge on any atom is -0.309 e. The molecule has 0 amide bonds. The highest BCUT2D eigenvalue weighted by atomic mass is 32.1. The molecular weight excluding hydrogens is 603 g/mol. The first-order valence-electron chi connectivity index (χ1n) is 16.0. The Morgan fingerprint density at radius 1 is 0.542 bits per heavy atom. The highest BCUT2D eigenvalue weighted by molar-refractivity contribution is 7.25. The van der Waals surface area contributed by atoms with Gasteiger partial charge in [-0.15, -0.1) is 11.3 Å². The third-order valence-electron chi connectivity index (χ3n) is 9.11. The third-order valence-corrected chi connectivity index (χ3v) is 10.2. The number of aromatic nitrogens is 1. The van der Waals surface area contributed by atoms with Crippen LogP contribution in [0.5, 0.6) is 0 Å². The smallest absolute Gasteiger partial charge is 0.0723 e. The Kier molecular flexibility index (Phi) is 6.81. The molecule has 0 spiro atoms. The summed E-state index contributed by atoms with van der Waals surface area (Å²) < 4.78 is 5.01. The van der Waals surface area contributed by atoms with E-state index in [1.165, 1.54) is 53.1 Å². The summed E-state index contributed by atoms with van der Waals surface area (Å²) in [4.78, 5) is 4.84. The highest BCUT2D eigenvalue weighted by Crippen LogP contribution is 2.41. The summed E-state index contributed by atoms with van der Waals surface area (Å²) in [5.74, 6) is 0. The van der Waals surface area contributed by atoms with E-state index in [1.807, 2.05) is 72.1 Å². The molecule has 0 aliphatic carbocycles. The molecule has 0 atom stereocenters. The second-order valence-corrected chi connectivity index (χ2v) is 13.1. The maximum absolute atomic E-state index is 8.81. The number of nitrogens with zero attached hydrogens (tertiary/aromatic N) is 2. The van der Waals surface area contributed by atoms with Gasteiger partial charge >= 0.3 is 0 Å². The first-order chi connectivity index (χ1) is 23.7. The summed E-state index contributed by atoms with van der Waals surface area (Å²) in [6.07, 6.45) is 1.89. The molecule has 0 radical (unpaired) electrons. The van der Waals surface area contributed by atoms with Crippen molar-refractivity contribution in [2.75, 3.05) is 0 Å². The summed E-state index contributed by atoms with van der Waals surface area (Å²) in [6, 6.07) is 57.2. The van der Waals surface area contributed by atoms with Crippen LogP contribution >= 0.6 is 11.3 Å². The summed E-state index contributed by atoms with van der Waals surface area (Å²) in [7, 11) is 0. The van der Waals surface area contributed by atoms with Gasteiger partial charge in [-0.3, -0.25) is 10.4 Å². The van der Waals surface area contributed by atoms with Crippen molar-refractivity contribution in [3.8, 4) is 16.8 Å². The third kappa shape index (κ3) is 4.82. The number of hydrogen-bond acceptors (Lipinski definition) is 3. The molecule has 48 heavy (non-hydrogen) atoms. The lowest BCUT2D eigenvalue weighted by Gasteiger charge is -2.09. The minimum atomic E-state index is 0.466. The van der Waals surface area contributed by atoms with Crippen LogP contribution in [0.3, 0.4) is 0 Å². The fourth-order valence-electron chi connectivity index (χ4n) is 6.74. The van der Waals surface area contributed by atoms with Crippen LogP contribution in [0.4, 0.5) is 5.69 Å². The van der Waals surface area contributed by atoms with Gasteiger partial charge in [0.2, 0.25) is 0 Å². The first kappa shape index (κ1) is 28.1. The number of nitrogens with one attached hydrogen (secondary N) is 1. The number of rotatable bonds is 6. The standard InChI is InChI=1S/C44H29N3S/c45-44(31-13-5-2-6-14-31)35-16-7-9-17-39(35)46-28-29-19-22-33(23-20-29)47-40-24-21-32(30-11-3-1-4-12-30)25-36(40)37-27-43-38(26-41(37)47)34-15-8-10-18-42(34)48-43/h1-28,45H/b45-44?,46-28+. The van der Waals surface area contributed by atoms with Gasteiger partial charge in [-0.25, -0.2) is 0 Å². The van der Waals surface area contributed by atoms with Crippen molar-refractivity contribution in [1.29, 1.82) is 5.41 Å². The molecule has 0 fully saturated rings. The van der Waals surface area contributed by atoms with Crippen molar-refractivity contribution >= 4 is 70.9 Å².